The average molecular weight is 379 g/mol. The first-order valence-corrected chi connectivity index (χ1v) is 9.17. The van der Waals surface area contributed by atoms with Gasteiger partial charge in [-0.05, 0) is 67.9 Å². The second-order valence-electron chi connectivity index (χ2n) is 8.39. The molecular weight excluding hydrogens is 344 g/mol. The van der Waals surface area contributed by atoms with Gasteiger partial charge in [-0.3, -0.25) is 14.4 Å². The quantitative estimate of drug-likeness (QED) is 0.265. The number of ether oxygens (including phenoxy) is 2. The van der Waals surface area contributed by atoms with Gasteiger partial charge in [0.1, 0.15) is 11.2 Å². The molecule has 0 bridgehead atoms. The van der Waals surface area contributed by atoms with Gasteiger partial charge in [-0.15, -0.1) is 0 Å². The van der Waals surface area contributed by atoms with Crippen LogP contribution in [0.25, 0.3) is 0 Å². The van der Waals surface area contributed by atoms with Crippen LogP contribution in [0, 0.1) is 5.41 Å². The maximum atomic E-state index is 13.1. The molecule has 0 heterocycles. The third-order valence-electron chi connectivity index (χ3n) is 3.31. The third kappa shape index (κ3) is 9.36. The number of carbonyl (C=O) groups excluding carboxylic acids is 3. The number of ketones is 1. The van der Waals surface area contributed by atoms with E-state index in [9.17, 15) is 14.4 Å². The minimum absolute atomic E-state index is 0.00443. The van der Waals surface area contributed by atoms with Crippen LogP contribution in [0.15, 0.2) is 36.5 Å². The summed E-state index contributed by atoms with van der Waals surface area (Å²) in [7, 11) is 0. The van der Waals surface area contributed by atoms with Crippen molar-refractivity contribution in [3.63, 3.8) is 0 Å². The standard InChI is InChI=1S/C22H34O5/c1-9-11-12-13-15-22(16-17(23)14-10-2,18(24)26-20(3,4)5)19(25)27-21(6,7)8/h9-14H,15-16H2,1-8H3/b11-9+,13-12-,14-10+. The van der Waals surface area contributed by atoms with Crippen LogP contribution < -0.4 is 0 Å². The smallest absolute Gasteiger partial charge is 0.324 e. The topological polar surface area (TPSA) is 69.7 Å². The Kier molecular flexibility index (Phi) is 9.42. The zero-order chi connectivity index (χ0) is 21.3. The lowest BCUT2D eigenvalue weighted by molar-refractivity contribution is -0.186. The van der Waals surface area contributed by atoms with Crippen LogP contribution >= 0.6 is 0 Å². The minimum atomic E-state index is -1.74. The highest BCUT2D eigenvalue weighted by atomic mass is 16.6. The van der Waals surface area contributed by atoms with Gasteiger partial charge in [0.05, 0.1) is 0 Å². The zero-order valence-electron chi connectivity index (χ0n) is 17.9. The SMILES string of the molecule is C/C=C/C=C\CC(CC(=O)/C=C/C)(C(=O)OC(C)(C)C)C(=O)OC(C)(C)C. The van der Waals surface area contributed by atoms with E-state index in [1.165, 1.54) is 6.08 Å². The summed E-state index contributed by atoms with van der Waals surface area (Å²) >= 11 is 0. The summed E-state index contributed by atoms with van der Waals surface area (Å²) in [5.41, 5.74) is -3.35. The summed E-state index contributed by atoms with van der Waals surface area (Å²) in [6, 6.07) is 0. The number of rotatable bonds is 8. The number of carbonyl (C=O) groups is 3. The molecule has 0 aliphatic heterocycles. The summed E-state index contributed by atoms with van der Waals surface area (Å²) in [5, 5.41) is 0. The molecule has 0 amide bonds. The van der Waals surface area contributed by atoms with E-state index >= 15 is 0 Å². The van der Waals surface area contributed by atoms with Gasteiger partial charge in [0, 0.05) is 6.42 Å². The first kappa shape index (κ1) is 24.8. The third-order valence-corrected chi connectivity index (χ3v) is 3.31. The molecule has 0 atom stereocenters. The Morgan fingerprint density at radius 1 is 0.778 bits per heavy atom. The van der Waals surface area contributed by atoms with Gasteiger partial charge in [0.25, 0.3) is 0 Å². The van der Waals surface area contributed by atoms with Crippen molar-refractivity contribution in [1.29, 1.82) is 0 Å². The lowest BCUT2D eigenvalue weighted by Gasteiger charge is -2.33. The lowest BCUT2D eigenvalue weighted by atomic mass is 9.78. The molecule has 0 N–H and O–H groups in total. The summed E-state index contributed by atoms with van der Waals surface area (Å²) in [4.78, 5) is 38.5. The van der Waals surface area contributed by atoms with Gasteiger partial charge >= 0.3 is 11.9 Å². The van der Waals surface area contributed by atoms with Gasteiger partial charge in [-0.25, -0.2) is 0 Å². The van der Waals surface area contributed by atoms with Crippen molar-refractivity contribution >= 4 is 17.7 Å². The molecular formula is C22H34O5. The van der Waals surface area contributed by atoms with Crippen LogP contribution in [0.1, 0.15) is 68.2 Å². The van der Waals surface area contributed by atoms with Crippen LogP contribution in [0.3, 0.4) is 0 Å². The van der Waals surface area contributed by atoms with Gasteiger partial charge in [0.2, 0.25) is 0 Å². The molecule has 0 fully saturated rings. The molecule has 0 saturated heterocycles. The second kappa shape index (κ2) is 10.2. The largest absolute Gasteiger partial charge is 0.459 e. The summed E-state index contributed by atoms with van der Waals surface area (Å²) in [6.45, 7) is 13.9. The molecule has 0 aromatic heterocycles. The van der Waals surface area contributed by atoms with Crippen LogP contribution in [-0.4, -0.2) is 28.9 Å². The minimum Gasteiger partial charge on any atom is -0.459 e. The Bertz CT molecular complexity index is 582. The highest BCUT2D eigenvalue weighted by Gasteiger charge is 2.51. The van der Waals surface area contributed by atoms with Gasteiger partial charge in [-0.2, -0.15) is 0 Å². The zero-order valence-corrected chi connectivity index (χ0v) is 17.9. The van der Waals surface area contributed by atoms with E-state index in [4.69, 9.17) is 9.47 Å². The van der Waals surface area contributed by atoms with E-state index in [2.05, 4.69) is 0 Å². The van der Waals surface area contributed by atoms with Gasteiger partial charge in [-0.1, -0.05) is 30.4 Å². The molecule has 152 valence electrons. The molecule has 0 aromatic rings. The highest BCUT2D eigenvalue weighted by Crippen LogP contribution is 2.35. The molecule has 0 unspecified atom stereocenters. The van der Waals surface area contributed by atoms with Crippen LogP contribution in [-0.2, 0) is 23.9 Å². The Morgan fingerprint density at radius 2 is 1.26 bits per heavy atom. The molecule has 0 aromatic carbocycles. The van der Waals surface area contributed by atoms with Crippen molar-refractivity contribution in [2.45, 2.75) is 79.4 Å². The van der Waals surface area contributed by atoms with Crippen molar-refractivity contribution in [2.24, 2.45) is 5.41 Å². The van der Waals surface area contributed by atoms with E-state index in [-0.39, 0.29) is 18.6 Å². The first-order valence-electron chi connectivity index (χ1n) is 9.17. The van der Waals surface area contributed by atoms with Crippen molar-refractivity contribution in [1.82, 2.24) is 0 Å². The maximum Gasteiger partial charge on any atom is 0.324 e. The first-order chi connectivity index (χ1) is 12.3. The van der Waals surface area contributed by atoms with Crippen molar-refractivity contribution < 1.29 is 23.9 Å². The van der Waals surface area contributed by atoms with Crippen LogP contribution in [0.4, 0.5) is 0 Å². The van der Waals surface area contributed by atoms with Crippen LogP contribution in [0.2, 0.25) is 0 Å². The number of allylic oxidation sites excluding steroid dienone is 6. The number of hydrogen-bond donors (Lipinski definition) is 0. The Labute approximate surface area is 163 Å². The molecule has 27 heavy (non-hydrogen) atoms. The fourth-order valence-electron chi connectivity index (χ4n) is 2.22. The molecule has 0 aliphatic rings. The fourth-order valence-corrected chi connectivity index (χ4v) is 2.22. The second-order valence-corrected chi connectivity index (χ2v) is 8.39. The van der Waals surface area contributed by atoms with Gasteiger partial charge in [0.15, 0.2) is 11.2 Å². The van der Waals surface area contributed by atoms with E-state index in [0.29, 0.717) is 0 Å². The molecule has 5 heteroatoms. The number of esters is 2. The maximum absolute atomic E-state index is 13.1. The summed E-state index contributed by atoms with van der Waals surface area (Å²) < 4.78 is 11.0. The van der Waals surface area contributed by atoms with Crippen molar-refractivity contribution in [2.75, 3.05) is 0 Å². The molecule has 5 nitrogen and oxygen atoms in total. The average Bonchev–Trinajstić information content (AvgIpc) is 2.46. The Balaban J connectivity index is 6.19. The molecule has 0 aliphatic carbocycles. The van der Waals surface area contributed by atoms with E-state index in [0.717, 1.165) is 0 Å². The van der Waals surface area contributed by atoms with Crippen molar-refractivity contribution in [3.05, 3.63) is 36.5 Å². The van der Waals surface area contributed by atoms with E-state index < -0.39 is 28.6 Å². The van der Waals surface area contributed by atoms with Gasteiger partial charge < -0.3 is 9.47 Å². The molecule has 0 rings (SSSR count). The molecule has 0 saturated carbocycles. The Hall–Kier alpha value is -2.17. The number of hydrogen-bond acceptors (Lipinski definition) is 5. The van der Waals surface area contributed by atoms with Crippen molar-refractivity contribution in [3.8, 4) is 0 Å². The normalized spacial score (nSPS) is 13.5. The highest BCUT2D eigenvalue weighted by molar-refractivity contribution is 6.06. The lowest BCUT2D eigenvalue weighted by Crippen LogP contribution is -2.47. The van der Waals surface area contributed by atoms with E-state index in [1.807, 2.05) is 13.0 Å². The predicted molar refractivity (Wildman–Crippen MR) is 107 cm³/mol. The molecule has 0 spiro atoms. The monoisotopic (exact) mass is 378 g/mol. The Morgan fingerprint density at radius 3 is 1.63 bits per heavy atom. The fraction of sp³-hybridized carbons (Fsp3) is 0.591. The molecule has 0 radical (unpaired) electrons. The predicted octanol–water partition coefficient (Wildman–Crippen LogP) is 4.71. The van der Waals surface area contributed by atoms with E-state index in [1.54, 1.807) is 72.8 Å². The summed E-state index contributed by atoms with van der Waals surface area (Å²) in [6.07, 6.45) is 9.62. The van der Waals surface area contributed by atoms with Crippen LogP contribution in [0.5, 0.6) is 0 Å². The summed E-state index contributed by atoms with van der Waals surface area (Å²) in [5.74, 6) is -1.85.